The van der Waals surface area contributed by atoms with Crippen molar-refractivity contribution < 1.29 is 9.59 Å². The lowest BCUT2D eigenvalue weighted by Crippen LogP contribution is -2.44. The van der Waals surface area contributed by atoms with Gasteiger partial charge in [0.15, 0.2) is 0 Å². The Kier molecular flexibility index (Phi) is 4.12. The molecule has 2 amide bonds. The Hall–Kier alpha value is -1.84. The SMILES string of the molecule is CCC(C)NC(=O)C1c2ccccc2C(=O)N1C(C)C. The summed E-state index contributed by atoms with van der Waals surface area (Å²) in [7, 11) is 0. The Bertz CT molecular complexity index is 525. The van der Waals surface area contributed by atoms with Gasteiger partial charge in [-0.3, -0.25) is 9.59 Å². The van der Waals surface area contributed by atoms with Gasteiger partial charge in [0.25, 0.3) is 5.91 Å². The second-order valence-corrected chi connectivity index (χ2v) is 5.61. The molecule has 1 aliphatic rings. The number of hydrogen-bond acceptors (Lipinski definition) is 2. The zero-order valence-corrected chi connectivity index (χ0v) is 12.5. The highest BCUT2D eigenvalue weighted by Crippen LogP contribution is 2.35. The highest BCUT2D eigenvalue weighted by Gasteiger charge is 2.42. The van der Waals surface area contributed by atoms with Crippen LogP contribution in [0.15, 0.2) is 24.3 Å². The van der Waals surface area contributed by atoms with Gasteiger partial charge < -0.3 is 10.2 Å². The molecule has 0 saturated carbocycles. The number of hydrogen-bond donors (Lipinski definition) is 1. The van der Waals surface area contributed by atoms with Crippen molar-refractivity contribution in [1.29, 1.82) is 0 Å². The number of nitrogens with zero attached hydrogens (tertiary/aromatic N) is 1. The lowest BCUT2D eigenvalue weighted by atomic mass is 10.0. The molecule has 0 aromatic heterocycles. The van der Waals surface area contributed by atoms with E-state index in [0.717, 1.165) is 12.0 Å². The van der Waals surface area contributed by atoms with Crippen molar-refractivity contribution in [1.82, 2.24) is 10.2 Å². The van der Waals surface area contributed by atoms with Gasteiger partial charge in [0.2, 0.25) is 5.91 Å². The summed E-state index contributed by atoms with van der Waals surface area (Å²) in [5, 5.41) is 2.98. The summed E-state index contributed by atoms with van der Waals surface area (Å²) in [6.07, 6.45) is 0.871. The third kappa shape index (κ3) is 2.42. The fraction of sp³-hybridized carbons (Fsp3) is 0.500. The normalized spacial score (nSPS) is 19.1. The van der Waals surface area contributed by atoms with Gasteiger partial charge in [0.1, 0.15) is 6.04 Å². The Balaban J connectivity index is 2.37. The molecule has 0 fully saturated rings. The van der Waals surface area contributed by atoms with Crippen molar-refractivity contribution in [2.24, 2.45) is 0 Å². The van der Waals surface area contributed by atoms with Gasteiger partial charge in [0, 0.05) is 17.6 Å². The first-order valence-corrected chi connectivity index (χ1v) is 7.19. The zero-order valence-electron chi connectivity index (χ0n) is 12.5. The van der Waals surface area contributed by atoms with Crippen LogP contribution >= 0.6 is 0 Å². The predicted octanol–water partition coefficient (Wildman–Crippen LogP) is 2.51. The van der Waals surface area contributed by atoms with Crippen LogP contribution in [0, 0.1) is 0 Å². The number of carbonyl (C=O) groups is 2. The lowest BCUT2D eigenvalue weighted by Gasteiger charge is -2.29. The van der Waals surface area contributed by atoms with Gasteiger partial charge >= 0.3 is 0 Å². The van der Waals surface area contributed by atoms with Crippen LogP contribution in [0.1, 0.15) is 56.1 Å². The van der Waals surface area contributed by atoms with Gasteiger partial charge in [-0.15, -0.1) is 0 Å². The highest BCUT2D eigenvalue weighted by molar-refractivity contribution is 6.04. The molecule has 1 N–H and O–H groups in total. The van der Waals surface area contributed by atoms with Crippen molar-refractivity contribution in [3.8, 4) is 0 Å². The van der Waals surface area contributed by atoms with E-state index in [-0.39, 0.29) is 23.9 Å². The summed E-state index contributed by atoms with van der Waals surface area (Å²) >= 11 is 0. The molecule has 0 radical (unpaired) electrons. The summed E-state index contributed by atoms with van der Waals surface area (Å²) in [5.41, 5.74) is 1.46. The van der Waals surface area contributed by atoms with Gasteiger partial charge in [-0.2, -0.15) is 0 Å². The van der Waals surface area contributed by atoms with E-state index >= 15 is 0 Å². The maximum absolute atomic E-state index is 12.5. The number of nitrogens with one attached hydrogen (secondary N) is 1. The predicted molar refractivity (Wildman–Crippen MR) is 78.4 cm³/mol. The Labute approximate surface area is 120 Å². The first-order valence-electron chi connectivity index (χ1n) is 7.19. The fourth-order valence-electron chi connectivity index (χ4n) is 2.56. The highest BCUT2D eigenvalue weighted by atomic mass is 16.2. The largest absolute Gasteiger partial charge is 0.352 e. The van der Waals surface area contributed by atoms with Crippen LogP contribution in [0.4, 0.5) is 0 Å². The lowest BCUT2D eigenvalue weighted by molar-refractivity contribution is -0.126. The van der Waals surface area contributed by atoms with Crippen molar-refractivity contribution >= 4 is 11.8 Å². The van der Waals surface area contributed by atoms with E-state index in [0.29, 0.717) is 5.56 Å². The van der Waals surface area contributed by atoms with E-state index in [2.05, 4.69) is 5.32 Å². The van der Waals surface area contributed by atoms with Crippen LogP contribution < -0.4 is 5.32 Å². The van der Waals surface area contributed by atoms with E-state index in [1.807, 2.05) is 45.9 Å². The molecular formula is C16H22N2O2. The second-order valence-electron chi connectivity index (χ2n) is 5.61. The molecule has 1 aromatic rings. The first-order chi connectivity index (χ1) is 9.47. The molecule has 2 rings (SSSR count). The van der Waals surface area contributed by atoms with Crippen molar-refractivity contribution in [3.63, 3.8) is 0 Å². The molecule has 2 atom stereocenters. The average Bonchev–Trinajstić information content (AvgIpc) is 2.72. The van der Waals surface area contributed by atoms with E-state index in [9.17, 15) is 9.59 Å². The molecule has 0 aliphatic carbocycles. The van der Waals surface area contributed by atoms with Crippen LogP contribution in [0.5, 0.6) is 0 Å². The maximum Gasteiger partial charge on any atom is 0.255 e. The minimum absolute atomic E-state index is 0.0115. The molecule has 0 spiro atoms. The number of carbonyl (C=O) groups excluding carboxylic acids is 2. The number of fused-ring (bicyclic) bond motifs is 1. The third-order valence-electron chi connectivity index (χ3n) is 3.80. The van der Waals surface area contributed by atoms with Crippen LogP contribution in [0.25, 0.3) is 0 Å². The summed E-state index contributed by atoms with van der Waals surface area (Å²) in [4.78, 5) is 26.7. The number of benzene rings is 1. The van der Waals surface area contributed by atoms with E-state index in [4.69, 9.17) is 0 Å². The first kappa shape index (κ1) is 14.6. The minimum Gasteiger partial charge on any atom is -0.352 e. The summed E-state index contributed by atoms with van der Waals surface area (Å²) in [6, 6.07) is 6.97. The molecule has 1 heterocycles. The zero-order chi connectivity index (χ0) is 14.9. The van der Waals surface area contributed by atoms with Gasteiger partial charge in [0.05, 0.1) is 0 Å². The molecule has 1 aromatic carbocycles. The summed E-state index contributed by atoms with van der Waals surface area (Å²) < 4.78 is 0. The Morgan fingerprint density at radius 2 is 1.95 bits per heavy atom. The molecule has 0 saturated heterocycles. The molecule has 4 heteroatoms. The van der Waals surface area contributed by atoms with E-state index < -0.39 is 6.04 Å². The molecule has 4 nitrogen and oxygen atoms in total. The number of rotatable bonds is 4. The van der Waals surface area contributed by atoms with Crippen LogP contribution in [0.3, 0.4) is 0 Å². The molecular weight excluding hydrogens is 252 g/mol. The smallest absolute Gasteiger partial charge is 0.255 e. The minimum atomic E-state index is -0.507. The summed E-state index contributed by atoms with van der Waals surface area (Å²) in [6.45, 7) is 7.87. The molecule has 0 bridgehead atoms. The van der Waals surface area contributed by atoms with Gasteiger partial charge in [-0.1, -0.05) is 25.1 Å². The average molecular weight is 274 g/mol. The molecule has 2 unspecified atom stereocenters. The van der Waals surface area contributed by atoms with Gasteiger partial charge in [-0.05, 0) is 38.8 Å². The topological polar surface area (TPSA) is 49.4 Å². The molecule has 108 valence electrons. The fourth-order valence-corrected chi connectivity index (χ4v) is 2.56. The Morgan fingerprint density at radius 1 is 1.30 bits per heavy atom. The quantitative estimate of drug-likeness (QED) is 0.917. The van der Waals surface area contributed by atoms with Crippen LogP contribution in [-0.2, 0) is 4.79 Å². The van der Waals surface area contributed by atoms with E-state index in [1.165, 1.54) is 0 Å². The molecule has 20 heavy (non-hydrogen) atoms. The van der Waals surface area contributed by atoms with Crippen LogP contribution in [-0.4, -0.2) is 28.8 Å². The van der Waals surface area contributed by atoms with E-state index in [1.54, 1.807) is 11.0 Å². The van der Waals surface area contributed by atoms with Gasteiger partial charge in [-0.25, -0.2) is 0 Å². The van der Waals surface area contributed by atoms with Crippen molar-refractivity contribution in [2.45, 2.75) is 52.2 Å². The molecule has 1 aliphatic heterocycles. The standard InChI is InChI=1S/C16H22N2O2/c1-5-11(4)17-15(19)14-12-8-6-7-9-13(12)16(20)18(14)10(2)3/h6-11,14H,5H2,1-4H3,(H,17,19). The monoisotopic (exact) mass is 274 g/mol. The third-order valence-corrected chi connectivity index (χ3v) is 3.80. The number of amides is 2. The second kappa shape index (κ2) is 5.65. The maximum atomic E-state index is 12.5. The van der Waals surface area contributed by atoms with Crippen LogP contribution in [0.2, 0.25) is 0 Å². The summed E-state index contributed by atoms with van der Waals surface area (Å²) in [5.74, 6) is -0.147. The van der Waals surface area contributed by atoms with Crippen molar-refractivity contribution in [2.75, 3.05) is 0 Å². The Morgan fingerprint density at radius 3 is 2.55 bits per heavy atom. The van der Waals surface area contributed by atoms with Crippen molar-refractivity contribution in [3.05, 3.63) is 35.4 Å².